The van der Waals surface area contributed by atoms with Crippen molar-refractivity contribution in [1.29, 1.82) is 0 Å². The Morgan fingerprint density at radius 3 is 3.00 bits per heavy atom. The Morgan fingerprint density at radius 1 is 1.43 bits per heavy atom. The molecule has 3 rings (SSSR count). The van der Waals surface area contributed by atoms with E-state index in [2.05, 4.69) is 41.9 Å². The van der Waals surface area contributed by atoms with Gasteiger partial charge in [-0.3, -0.25) is 0 Å². The number of benzene rings is 1. The van der Waals surface area contributed by atoms with E-state index >= 15 is 0 Å². The van der Waals surface area contributed by atoms with Gasteiger partial charge in [0.25, 0.3) is 10.2 Å². The first kappa shape index (κ1) is 14.5. The lowest BCUT2D eigenvalue weighted by Gasteiger charge is -2.09. The molecular weight excluding hydrogens is 300 g/mol. The van der Waals surface area contributed by atoms with Gasteiger partial charge in [0.2, 0.25) is 5.52 Å². The van der Waals surface area contributed by atoms with E-state index in [1.54, 1.807) is 0 Å². The summed E-state index contributed by atoms with van der Waals surface area (Å²) in [6, 6.07) is 6.31. The van der Waals surface area contributed by atoms with Crippen LogP contribution < -0.4 is 9.88 Å². The molecule has 0 amide bonds. The second-order valence-corrected chi connectivity index (χ2v) is 6.58. The van der Waals surface area contributed by atoms with Crippen molar-refractivity contribution in [3.8, 4) is 0 Å². The summed E-state index contributed by atoms with van der Waals surface area (Å²) in [5, 5.41) is 5.00. The Kier molecular flexibility index (Phi) is 3.95. The maximum atomic E-state index is 5.34. The monoisotopic (exact) mass is 319 g/mol. The van der Waals surface area contributed by atoms with Crippen molar-refractivity contribution < 1.29 is 9.30 Å². The molecule has 0 atom stereocenters. The highest BCUT2D eigenvalue weighted by atomic mass is 32.1. The lowest BCUT2D eigenvalue weighted by molar-refractivity contribution is -0.670. The van der Waals surface area contributed by atoms with E-state index in [0.29, 0.717) is 11.8 Å². The van der Waals surface area contributed by atoms with Crippen LogP contribution in [0.5, 0.6) is 0 Å². The quantitative estimate of drug-likeness (QED) is 0.666. The number of hydrogen-bond donors (Lipinski definition) is 1. The average Bonchev–Trinajstić information content (AvgIpc) is 2.84. The molecule has 1 N–H and O–H groups in total. The summed E-state index contributed by atoms with van der Waals surface area (Å²) in [6.45, 7) is 8.02. The topological polar surface area (TPSA) is 25.1 Å². The summed E-state index contributed by atoms with van der Waals surface area (Å²) in [4.78, 5) is 0. The number of aryl methyl sites for hydroxylation is 1. The molecule has 21 heavy (non-hydrogen) atoms. The van der Waals surface area contributed by atoms with Crippen LogP contribution in [0.2, 0.25) is 0 Å². The zero-order chi connectivity index (χ0) is 15.0. The van der Waals surface area contributed by atoms with E-state index in [1.807, 2.05) is 18.3 Å². The molecule has 2 heterocycles. The van der Waals surface area contributed by atoms with Gasteiger partial charge in [0.05, 0.1) is 12.3 Å². The number of thiazole rings is 1. The average molecular weight is 319 g/mol. The third-order valence-electron chi connectivity index (χ3n) is 3.91. The maximum absolute atomic E-state index is 5.34. The number of aromatic nitrogens is 1. The molecule has 0 bridgehead atoms. The van der Waals surface area contributed by atoms with Crippen molar-refractivity contribution in [3.05, 3.63) is 28.8 Å². The van der Waals surface area contributed by atoms with Crippen LogP contribution >= 0.6 is 23.6 Å². The Bertz CT molecular complexity index is 746. The zero-order valence-corrected chi connectivity index (χ0v) is 14.2. The summed E-state index contributed by atoms with van der Waals surface area (Å²) >= 11 is 7.03. The molecule has 1 aliphatic rings. The van der Waals surface area contributed by atoms with Gasteiger partial charge in [-0.05, 0) is 39.1 Å². The van der Waals surface area contributed by atoms with Crippen molar-refractivity contribution >= 4 is 50.2 Å². The van der Waals surface area contributed by atoms with Crippen LogP contribution in [-0.2, 0) is 11.3 Å². The molecule has 110 valence electrons. The molecule has 0 radical (unpaired) electrons. The van der Waals surface area contributed by atoms with Crippen molar-refractivity contribution in [2.75, 3.05) is 11.9 Å². The van der Waals surface area contributed by atoms with Crippen molar-refractivity contribution in [2.45, 2.75) is 33.7 Å². The van der Waals surface area contributed by atoms with Gasteiger partial charge in [-0.15, -0.1) is 0 Å². The molecule has 0 saturated carbocycles. The number of allylic oxidation sites excluding steroid dienone is 2. The molecule has 2 aromatic rings. The van der Waals surface area contributed by atoms with Crippen molar-refractivity contribution in [2.24, 2.45) is 0 Å². The zero-order valence-electron chi connectivity index (χ0n) is 12.5. The van der Waals surface area contributed by atoms with Gasteiger partial charge in [0.1, 0.15) is 4.70 Å². The standard InChI is InChI=1S/C16H18N2OS2/c1-4-19-16(20)17-12-6-5-7-13-14(12)21-15-11(3)10(2)8-9-18(13)15/h5-7H,4,8-9H2,1-3H3/p+1. The maximum Gasteiger partial charge on any atom is 0.265 e. The molecular formula is C16H19N2OS2+. The largest absolute Gasteiger partial charge is 0.471 e. The van der Waals surface area contributed by atoms with E-state index < -0.39 is 0 Å². The number of ether oxygens (including phenoxy) is 1. The van der Waals surface area contributed by atoms with Gasteiger partial charge in [-0.1, -0.05) is 23.0 Å². The van der Waals surface area contributed by atoms with Crippen molar-refractivity contribution in [1.82, 2.24) is 0 Å². The predicted octanol–water partition coefficient (Wildman–Crippen LogP) is 4.12. The second kappa shape index (κ2) is 5.73. The Hall–Kier alpha value is -1.46. The Balaban J connectivity index is 2.09. The molecule has 1 aromatic heterocycles. The summed E-state index contributed by atoms with van der Waals surface area (Å²) in [5.41, 5.74) is 5.19. The lowest BCUT2D eigenvalue weighted by atomic mass is 10.1. The third-order valence-corrected chi connectivity index (χ3v) is 5.49. The highest BCUT2D eigenvalue weighted by molar-refractivity contribution is 7.80. The molecule has 0 unspecified atom stereocenters. The highest BCUT2D eigenvalue weighted by Gasteiger charge is 2.27. The molecule has 5 heteroatoms. The number of fused-ring (bicyclic) bond motifs is 3. The fourth-order valence-electron chi connectivity index (χ4n) is 2.63. The second-order valence-electron chi connectivity index (χ2n) is 5.21. The minimum absolute atomic E-state index is 0.435. The normalized spacial score (nSPS) is 14.2. The van der Waals surface area contributed by atoms with Gasteiger partial charge in [-0.25, -0.2) is 0 Å². The fourth-order valence-corrected chi connectivity index (χ4v) is 4.19. The van der Waals surface area contributed by atoms with Gasteiger partial charge in [-0.2, -0.15) is 4.57 Å². The van der Waals surface area contributed by atoms with Crippen LogP contribution in [0.1, 0.15) is 32.2 Å². The van der Waals surface area contributed by atoms with E-state index in [9.17, 15) is 0 Å². The van der Waals surface area contributed by atoms with Crippen molar-refractivity contribution in [3.63, 3.8) is 0 Å². The van der Waals surface area contributed by atoms with Gasteiger partial charge < -0.3 is 10.1 Å². The van der Waals surface area contributed by atoms with Crippen LogP contribution in [0, 0.1) is 0 Å². The first-order valence-corrected chi connectivity index (χ1v) is 8.40. The van der Waals surface area contributed by atoms with Gasteiger partial charge in [0, 0.05) is 18.1 Å². The third kappa shape index (κ3) is 2.56. The van der Waals surface area contributed by atoms with Crippen LogP contribution in [-0.4, -0.2) is 11.8 Å². The van der Waals surface area contributed by atoms with Crippen LogP contribution in [0.15, 0.2) is 23.8 Å². The molecule has 0 aliphatic carbocycles. The fraction of sp³-hybridized carbons (Fsp3) is 0.375. The number of nitrogens with one attached hydrogen (secondary N) is 1. The SMILES string of the molecule is CCOC(=S)Nc1cccc2c1sc1[n+]2CCC(C)=C1C. The minimum Gasteiger partial charge on any atom is -0.471 e. The van der Waals surface area contributed by atoms with E-state index in [4.69, 9.17) is 17.0 Å². The first-order chi connectivity index (χ1) is 10.1. The number of thiocarbonyl (C=S) groups is 1. The van der Waals surface area contributed by atoms with Gasteiger partial charge >= 0.3 is 0 Å². The first-order valence-electron chi connectivity index (χ1n) is 7.17. The Labute approximate surface area is 134 Å². The highest BCUT2D eigenvalue weighted by Crippen LogP contribution is 2.34. The van der Waals surface area contributed by atoms with E-state index in [1.165, 1.54) is 26.4 Å². The van der Waals surface area contributed by atoms with Gasteiger partial charge in [0.15, 0.2) is 6.54 Å². The molecule has 1 aromatic carbocycles. The summed E-state index contributed by atoms with van der Waals surface area (Å²) in [5.74, 6) is 0. The number of nitrogens with zero attached hydrogens (tertiary/aromatic N) is 1. The molecule has 3 nitrogen and oxygen atoms in total. The lowest BCUT2D eigenvalue weighted by Crippen LogP contribution is -2.38. The smallest absolute Gasteiger partial charge is 0.265 e. The molecule has 0 saturated heterocycles. The van der Waals surface area contributed by atoms with Crippen LogP contribution in [0.25, 0.3) is 15.8 Å². The Morgan fingerprint density at radius 2 is 2.24 bits per heavy atom. The predicted molar refractivity (Wildman–Crippen MR) is 92.8 cm³/mol. The summed E-state index contributed by atoms with van der Waals surface area (Å²) in [6.07, 6.45) is 1.13. The van der Waals surface area contributed by atoms with Crippen LogP contribution in [0.4, 0.5) is 5.69 Å². The summed E-state index contributed by atoms with van der Waals surface area (Å²) in [7, 11) is 0. The molecule has 1 aliphatic heterocycles. The van der Waals surface area contributed by atoms with E-state index in [-0.39, 0.29) is 0 Å². The summed E-state index contributed by atoms with van der Waals surface area (Å²) < 4.78 is 9.00. The molecule has 0 spiro atoms. The number of rotatable bonds is 2. The molecule has 0 fully saturated rings. The minimum atomic E-state index is 0.435. The number of hydrogen-bond acceptors (Lipinski definition) is 3. The van der Waals surface area contributed by atoms with Crippen LogP contribution in [0.3, 0.4) is 0 Å². The number of anilines is 1. The van der Waals surface area contributed by atoms with E-state index in [0.717, 1.165) is 18.7 Å².